The maximum absolute atomic E-state index is 11.8. The van der Waals surface area contributed by atoms with E-state index in [2.05, 4.69) is 10.6 Å². The van der Waals surface area contributed by atoms with Gasteiger partial charge < -0.3 is 16.4 Å². The highest BCUT2D eigenvalue weighted by Gasteiger charge is 2.29. The molecule has 0 bridgehead atoms. The van der Waals surface area contributed by atoms with Crippen LogP contribution in [-0.4, -0.2) is 30.4 Å². The molecule has 2 atom stereocenters. The molecule has 92 valence electrons. The second kappa shape index (κ2) is 4.82. The minimum Gasteiger partial charge on any atom is -0.354 e. The first-order valence-electron chi connectivity index (χ1n) is 5.63. The van der Waals surface area contributed by atoms with Gasteiger partial charge in [-0.15, -0.1) is 0 Å². The molecule has 0 aromatic carbocycles. The number of nitrogens with one attached hydrogen (secondary N) is 2. The third-order valence-electron chi connectivity index (χ3n) is 2.83. The number of hydrogen-bond acceptors (Lipinski definition) is 3. The molecule has 1 aliphatic heterocycles. The van der Waals surface area contributed by atoms with Crippen molar-refractivity contribution in [2.24, 2.45) is 11.1 Å². The van der Waals surface area contributed by atoms with Gasteiger partial charge in [0.2, 0.25) is 11.8 Å². The van der Waals surface area contributed by atoms with Gasteiger partial charge in [-0.2, -0.15) is 0 Å². The monoisotopic (exact) mass is 227 g/mol. The number of amides is 2. The lowest BCUT2D eigenvalue weighted by Gasteiger charge is -2.29. The summed E-state index contributed by atoms with van der Waals surface area (Å²) in [5.41, 5.74) is 5.59. The van der Waals surface area contributed by atoms with Crippen LogP contribution in [0.15, 0.2) is 0 Å². The van der Waals surface area contributed by atoms with Crippen molar-refractivity contribution >= 4 is 11.8 Å². The van der Waals surface area contributed by atoms with E-state index in [1.807, 2.05) is 20.8 Å². The SMILES string of the molecule is CC(C)(C)C(N)C(=O)NC1CCC(=O)NC1. The fourth-order valence-corrected chi connectivity index (χ4v) is 1.54. The molecule has 2 unspecified atom stereocenters. The summed E-state index contributed by atoms with van der Waals surface area (Å²) in [6.07, 6.45) is 1.16. The molecule has 0 radical (unpaired) electrons. The predicted molar refractivity (Wildman–Crippen MR) is 61.6 cm³/mol. The molecule has 1 aliphatic rings. The van der Waals surface area contributed by atoms with Gasteiger partial charge in [-0.25, -0.2) is 0 Å². The first kappa shape index (κ1) is 13.0. The molecule has 16 heavy (non-hydrogen) atoms. The van der Waals surface area contributed by atoms with Crippen molar-refractivity contribution in [3.05, 3.63) is 0 Å². The Hall–Kier alpha value is -1.10. The van der Waals surface area contributed by atoms with Crippen LogP contribution in [-0.2, 0) is 9.59 Å². The van der Waals surface area contributed by atoms with Crippen LogP contribution in [0.1, 0.15) is 33.6 Å². The largest absolute Gasteiger partial charge is 0.354 e. The van der Waals surface area contributed by atoms with E-state index in [9.17, 15) is 9.59 Å². The van der Waals surface area contributed by atoms with Crippen LogP contribution in [0.5, 0.6) is 0 Å². The Morgan fingerprint density at radius 2 is 2.19 bits per heavy atom. The Labute approximate surface area is 96.1 Å². The zero-order chi connectivity index (χ0) is 12.3. The molecule has 0 saturated carbocycles. The molecule has 1 saturated heterocycles. The molecular weight excluding hydrogens is 206 g/mol. The van der Waals surface area contributed by atoms with Crippen molar-refractivity contribution in [1.29, 1.82) is 0 Å². The average Bonchev–Trinajstić information content (AvgIpc) is 2.19. The lowest BCUT2D eigenvalue weighted by atomic mass is 9.86. The summed E-state index contributed by atoms with van der Waals surface area (Å²) in [6.45, 7) is 6.29. The van der Waals surface area contributed by atoms with E-state index in [4.69, 9.17) is 5.73 Å². The Balaban J connectivity index is 2.43. The van der Waals surface area contributed by atoms with Gasteiger partial charge >= 0.3 is 0 Å². The lowest BCUT2D eigenvalue weighted by Crippen LogP contribution is -2.55. The molecule has 0 spiro atoms. The van der Waals surface area contributed by atoms with E-state index in [-0.39, 0.29) is 23.3 Å². The van der Waals surface area contributed by atoms with E-state index < -0.39 is 6.04 Å². The highest BCUT2D eigenvalue weighted by Crippen LogP contribution is 2.17. The van der Waals surface area contributed by atoms with Gasteiger partial charge in [0.05, 0.1) is 6.04 Å². The number of carbonyl (C=O) groups excluding carboxylic acids is 2. The smallest absolute Gasteiger partial charge is 0.237 e. The van der Waals surface area contributed by atoms with Crippen molar-refractivity contribution in [2.45, 2.75) is 45.7 Å². The summed E-state index contributed by atoms with van der Waals surface area (Å²) in [5, 5.41) is 5.59. The first-order chi connectivity index (χ1) is 7.30. The van der Waals surface area contributed by atoms with Gasteiger partial charge in [0, 0.05) is 19.0 Å². The van der Waals surface area contributed by atoms with Gasteiger partial charge in [0.15, 0.2) is 0 Å². The molecule has 0 aromatic rings. The van der Waals surface area contributed by atoms with E-state index >= 15 is 0 Å². The quantitative estimate of drug-likeness (QED) is 0.608. The number of carbonyl (C=O) groups is 2. The van der Waals surface area contributed by atoms with Gasteiger partial charge in [0.25, 0.3) is 0 Å². The van der Waals surface area contributed by atoms with Gasteiger partial charge in [-0.1, -0.05) is 20.8 Å². The second-order valence-corrected chi connectivity index (χ2v) is 5.39. The van der Waals surface area contributed by atoms with Crippen molar-refractivity contribution in [3.8, 4) is 0 Å². The van der Waals surface area contributed by atoms with Crippen LogP contribution in [0.3, 0.4) is 0 Å². The fraction of sp³-hybridized carbons (Fsp3) is 0.818. The van der Waals surface area contributed by atoms with Gasteiger partial charge in [-0.05, 0) is 11.8 Å². The zero-order valence-corrected chi connectivity index (χ0v) is 10.2. The number of nitrogens with two attached hydrogens (primary N) is 1. The first-order valence-corrected chi connectivity index (χ1v) is 5.63. The average molecular weight is 227 g/mol. The van der Waals surface area contributed by atoms with Crippen molar-refractivity contribution in [3.63, 3.8) is 0 Å². The van der Waals surface area contributed by atoms with E-state index in [0.29, 0.717) is 19.4 Å². The highest BCUT2D eigenvalue weighted by molar-refractivity contribution is 5.83. The minimum absolute atomic E-state index is 0.0126. The Bertz CT molecular complexity index is 273. The highest BCUT2D eigenvalue weighted by atomic mass is 16.2. The molecule has 5 heteroatoms. The van der Waals surface area contributed by atoms with E-state index in [0.717, 1.165) is 0 Å². The third kappa shape index (κ3) is 3.48. The second-order valence-electron chi connectivity index (χ2n) is 5.39. The molecular formula is C11H21N3O2. The summed E-state index contributed by atoms with van der Waals surface area (Å²) in [6, 6.07) is -0.510. The summed E-state index contributed by atoms with van der Waals surface area (Å²) in [7, 11) is 0. The number of piperidine rings is 1. The molecule has 0 aliphatic carbocycles. The summed E-state index contributed by atoms with van der Waals surface area (Å²) in [4.78, 5) is 22.7. The molecule has 1 rings (SSSR count). The Morgan fingerprint density at radius 3 is 2.62 bits per heavy atom. The van der Waals surface area contributed by atoms with Crippen LogP contribution in [0, 0.1) is 5.41 Å². The van der Waals surface area contributed by atoms with Crippen LogP contribution in [0.4, 0.5) is 0 Å². The summed E-state index contributed by atoms with van der Waals surface area (Å²) in [5.74, 6) is -0.0979. The third-order valence-corrected chi connectivity index (χ3v) is 2.83. The predicted octanol–water partition coefficient (Wildman–Crippen LogP) is -0.245. The van der Waals surface area contributed by atoms with Gasteiger partial charge in [0.1, 0.15) is 0 Å². The fourth-order valence-electron chi connectivity index (χ4n) is 1.54. The molecule has 0 aromatic heterocycles. The molecule has 5 nitrogen and oxygen atoms in total. The number of rotatable bonds is 2. The van der Waals surface area contributed by atoms with E-state index in [1.165, 1.54) is 0 Å². The van der Waals surface area contributed by atoms with Crippen molar-refractivity contribution in [2.75, 3.05) is 6.54 Å². The maximum atomic E-state index is 11.8. The molecule has 1 fully saturated rings. The molecule has 4 N–H and O–H groups in total. The number of hydrogen-bond donors (Lipinski definition) is 3. The standard InChI is InChI=1S/C11H21N3O2/c1-11(2,3)9(12)10(16)14-7-4-5-8(15)13-6-7/h7,9H,4-6,12H2,1-3H3,(H,13,15)(H,14,16). The van der Waals surface area contributed by atoms with Crippen LogP contribution in [0.2, 0.25) is 0 Å². The minimum atomic E-state index is -0.523. The zero-order valence-electron chi connectivity index (χ0n) is 10.2. The summed E-state index contributed by atoms with van der Waals surface area (Å²) < 4.78 is 0. The van der Waals surface area contributed by atoms with Crippen LogP contribution < -0.4 is 16.4 Å². The lowest BCUT2D eigenvalue weighted by molar-refractivity contribution is -0.127. The topological polar surface area (TPSA) is 84.2 Å². The molecule has 2 amide bonds. The van der Waals surface area contributed by atoms with Crippen molar-refractivity contribution < 1.29 is 9.59 Å². The molecule has 1 heterocycles. The Kier molecular flexibility index (Phi) is 3.91. The summed E-state index contributed by atoms with van der Waals surface area (Å²) >= 11 is 0. The van der Waals surface area contributed by atoms with Crippen LogP contribution in [0.25, 0.3) is 0 Å². The van der Waals surface area contributed by atoms with Crippen LogP contribution >= 0.6 is 0 Å². The van der Waals surface area contributed by atoms with Gasteiger partial charge in [-0.3, -0.25) is 9.59 Å². The Morgan fingerprint density at radius 1 is 1.56 bits per heavy atom. The van der Waals surface area contributed by atoms with E-state index in [1.54, 1.807) is 0 Å². The maximum Gasteiger partial charge on any atom is 0.237 e. The van der Waals surface area contributed by atoms with Crippen molar-refractivity contribution in [1.82, 2.24) is 10.6 Å². The normalized spacial score (nSPS) is 23.5.